The van der Waals surface area contributed by atoms with Gasteiger partial charge in [-0.25, -0.2) is 0 Å². The molecule has 144 valence electrons. The number of hydrogen-bond acceptors (Lipinski definition) is 2. The summed E-state index contributed by atoms with van der Waals surface area (Å²) in [6.45, 7) is 8.37. The van der Waals surface area contributed by atoms with Gasteiger partial charge in [-0.3, -0.25) is 0 Å². The number of para-hydroxylation sites is 1. The summed E-state index contributed by atoms with van der Waals surface area (Å²) in [5, 5.41) is 5.43. The molecule has 0 radical (unpaired) electrons. The second kappa shape index (κ2) is 5.45. The van der Waals surface area contributed by atoms with Crippen LogP contribution in [0.3, 0.4) is 0 Å². The summed E-state index contributed by atoms with van der Waals surface area (Å²) >= 11 is 6.63. The maximum Gasteiger partial charge on any atom is 0.495 e. The van der Waals surface area contributed by atoms with Crippen LogP contribution in [0.25, 0.3) is 38.1 Å². The Hall–Kier alpha value is -2.27. The van der Waals surface area contributed by atoms with Crippen molar-refractivity contribution in [2.45, 2.75) is 38.9 Å². The molecule has 0 bridgehead atoms. The highest BCUT2D eigenvalue weighted by Gasteiger charge is 2.52. The maximum absolute atomic E-state index is 6.63. The van der Waals surface area contributed by atoms with Crippen LogP contribution in [0.2, 0.25) is 5.02 Å². The minimum absolute atomic E-state index is 0.381. The number of nitrogens with zero attached hydrogens (tertiary/aromatic N) is 1. The molecule has 2 aromatic heterocycles. The van der Waals surface area contributed by atoms with Crippen LogP contribution in [0.5, 0.6) is 0 Å². The third-order valence-corrected chi connectivity index (χ3v) is 7.17. The summed E-state index contributed by atoms with van der Waals surface area (Å²) < 4.78 is 15.2. The summed E-state index contributed by atoms with van der Waals surface area (Å²) in [6.07, 6.45) is 0. The van der Waals surface area contributed by atoms with Crippen molar-refractivity contribution in [3.05, 3.63) is 59.6 Å². The second-order valence-corrected chi connectivity index (χ2v) is 9.41. The first-order valence-electron chi connectivity index (χ1n) is 10.0. The number of halogens is 1. The molecule has 0 unspecified atom stereocenters. The van der Waals surface area contributed by atoms with Crippen LogP contribution in [-0.2, 0) is 9.31 Å². The minimum Gasteiger partial charge on any atom is -0.399 e. The topological polar surface area (TPSA) is 22.9 Å². The molecule has 1 aliphatic heterocycles. The number of rotatable bonds is 1. The normalized spacial score (nSPS) is 18.7. The smallest absolute Gasteiger partial charge is 0.399 e. The molecule has 0 amide bonds. The van der Waals surface area contributed by atoms with E-state index < -0.39 is 7.12 Å². The van der Waals surface area contributed by atoms with E-state index in [9.17, 15) is 0 Å². The molecule has 6 rings (SSSR count). The van der Waals surface area contributed by atoms with Gasteiger partial charge >= 0.3 is 7.12 Å². The largest absolute Gasteiger partial charge is 0.495 e. The fourth-order valence-electron chi connectivity index (χ4n) is 4.71. The Bertz CT molecular complexity index is 1420. The van der Waals surface area contributed by atoms with E-state index in [1.54, 1.807) is 0 Å². The molecule has 0 N–H and O–H groups in total. The molecule has 3 aromatic carbocycles. The van der Waals surface area contributed by atoms with Crippen molar-refractivity contribution in [2.24, 2.45) is 0 Å². The van der Waals surface area contributed by atoms with Crippen molar-refractivity contribution in [2.75, 3.05) is 0 Å². The van der Waals surface area contributed by atoms with E-state index in [0.717, 1.165) is 26.8 Å². The molecule has 1 fully saturated rings. The maximum atomic E-state index is 6.63. The third kappa shape index (κ3) is 2.12. The Balaban J connectivity index is 1.77. The lowest BCUT2D eigenvalue weighted by atomic mass is 9.76. The Kier molecular flexibility index (Phi) is 3.31. The molecule has 1 saturated heterocycles. The highest BCUT2D eigenvalue weighted by Crippen LogP contribution is 2.42. The summed E-state index contributed by atoms with van der Waals surface area (Å²) in [5.41, 5.74) is 3.79. The van der Waals surface area contributed by atoms with Crippen LogP contribution in [0.1, 0.15) is 27.7 Å². The van der Waals surface area contributed by atoms with Gasteiger partial charge in [0, 0.05) is 21.5 Å². The molecule has 0 atom stereocenters. The molecule has 29 heavy (non-hydrogen) atoms. The van der Waals surface area contributed by atoms with E-state index in [-0.39, 0.29) is 11.2 Å². The Labute approximate surface area is 174 Å². The molecule has 5 aromatic rings. The van der Waals surface area contributed by atoms with Gasteiger partial charge in [-0.05, 0) is 51.4 Å². The van der Waals surface area contributed by atoms with Gasteiger partial charge < -0.3 is 13.7 Å². The van der Waals surface area contributed by atoms with Gasteiger partial charge in [0.1, 0.15) is 0 Å². The van der Waals surface area contributed by atoms with E-state index in [0.29, 0.717) is 0 Å². The zero-order valence-electron chi connectivity index (χ0n) is 16.9. The van der Waals surface area contributed by atoms with Crippen molar-refractivity contribution in [3.63, 3.8) is 0 Å². The quantitative estimate of drug-likeness (QED) is 0.332. The Morgan fingerprint density at radius 1 is 0.759 bits per heavy atom. The predicted molar refractivity (Wildman–Crippen MR) is 122 cm³/mol. The molecule has 3 nitrogen and oxygen atoms in total. The standard InChI is InChI=1S/C24H21BClNO2/c1-23(2)24(3,4)29-25(28-23)16-13-12-15-21-17(26)9-7-11-19(21)27-18-10-6-5-8-14(18)20(16)22(15)27/h5-13H,1-4H3. The number of fused-ring (bicyclic) bond motifs is 6. The first-order valence-corrected chi connectivity index (χ1v) is 10.4. The van der Waals surface area contributed by atoms with Crippen molar-refractivity contribution < 1.29 is 9.31 Å². The van der Waals surface area contributed by atoms with Crippen LogP contribution in [0.4, 0.5) is 0 Å². The summed E-state index contributed by atoms with van der Waals surface area (Å²) in [5.74, 6) is 0. The predicted octanol–water partition coefficient (Wildman–Crippen LogP) is 5.79. The zero-order chi connectivity index (χ0) is 20.1. The molecule has 1 aliphatic rings. The SMILES string of the molecule is CC1(C)OB(c2ccc3c4c(Cl)cccc4n4c5ccccc5c2c34)OC1(C)C. The molecular formula is C24H21BClNO2. The highest BCUT2D eigenvalue weighted by atomic mass is 35.5. The summed E-state index contributed by atoms with van der Waals surface area (Å²) in [7, 11) is -0.410. The minimum atomic E-state index is -0.410. The van der Waals surface area contributed by atoms with E-state index in [2.05, 4.69) is 74.6 Å². The average Bonchev–Trinajstić information content (AvgIpc) is 3.26. The van der Waals surface area contributed by atoms with Gasteiger partial charge in [0.15, 0.2) is 0 Å². The molecule has 5 heteroatoms. The highest BCUT2D eigenvalue weighted by molar-refractivity contribution is 6.66. The lowest BCUT2D eigenvalue weighted by molar-refractivity contribution is 0.00578. The van der Waals surface area contributed by atoms with Crippen molar-refractivity contribution in [1.29, 1.82) is 0 Å². The van der Waals surface area contributed by atoms with E-state index in [4.69, 9.17) is 20.9 Å². The molecule has 0 spiro atoms. The lowest BCUT2D eigenvalue weighted by Gasteiger charge is -2.32. The summed E-state index contributed by atoms with van der Waals surface area (Å²) in [4.78, 5) is 0. The third-order valence-electron chi connectivity index (χ3n) is 6.86. The van der Waals surface area contributed by atoms with Crippen LogP contribution in [0.15, 0.2) is 54.6 Å². The Morgan fingerprint density at radius 2 is 1.45 bits per heavy atom. The van der Waals surface area contributed by atoms with Crippen molar-refractivity contribution in [3.8, 4) is 0 Å². The lowest BCUT2D eigenvalue weighted by Crippen LogP contribution is -2.41. The van der Waals surface area contributed by atoms with E-state index >= 15 is 0 Å². The van der Waals surface area contributed by atoms with Crippen molar-refractivity contribution in [1.82, 2.24) is 4.40 Å². The first-order chi connectivity index (χ1) is 13.8. The van der Waals surface area contributed by atoms with E-state index in [1.807, 2.05) is 12.1 Å². The average molecular weight is 402 g/mol. The monoisotopic (exact) mass is 401 g/mol. The fourth-order valence-corrected chi connectivity index (χ4v) is 4.98. The van der Waals surface area contributed by atoms with Crippen LogP contribution in [-0.4, -0.2) is 22.7 Å². The van der Waals surface area contributed by atoms with Crippen LogP contribution in [0, 0.1) is 0 Å². The van der Waals surface area contributed by atoms with Gasteiger partial charge in [0.25, 0.3) is 0 Å². The van der Waals surface area contributed by atoms with Crippen LogP contribution < -0.4 is 5.46 Å². The van der Waals surface area contributed by atoms with Crippen molar-refractivity contribution >= 4 is 62.3 Å². The fraction of sp³-hybridized carbons (Fsp3) is 0.250. The first kappa shape index (κ1) is 17.6. The molecule has 3 heterocycles. The summed E-state index contributed by atoms with van der Waals surface area (Å²) in [6, 6.07) is 19.0. The molecule has 0 saturated carbocycles. The molecule has 0 aliphatic carbocycles. The van der Waals surface area contributed by atoms with Gasteiger partial charge in [-0.1, -0.05) is 48.0 Å². The number of benzene rings is 3. The number of hydrogen-bond donors (Lipinski definition) is 0. The van der Waals surface area contributed by atoms with Gasteiger partial charge in [-0.2, -0.15) is 0 Å². The van der Waals surface area contributed by atoms with Gasteiger partial charge in [-0.15, -0.1) is 0 Å². The molecular weight excluding hydrogens is 381 g/mol. The number of aromatic nitrogens is 1. The Morgan fingerprint density at radius 3 is 2.21 bits per heavy atom. The zero-order valence-corrected chi connectivity index (χ0v) is 17.7. The second-order valence-electron chi connectivity index (χ2n) is 9.00. The van der Waals surface area contributed by atoms with Gasteiger partial charge in [0.05, 0.1) is 32.8 Å². The van der Waals surface area contributed by atoms with Crippen LogP contribution >= 0.6 is 11.6 Å². The van der Waals surface area contributed by atoms with E-state index in [1.165, 1.54) is 21.8 Å². The van der Waals surface area contributed by atoms with Gasteiger partial charge in [0.2, 0.25) is 0 Å².